The largest absolute Gasteiger partial charge is 0.324 e. The van der Waals surface area contributed by atoms with E-state index < -0.39 is 0 Å². The van der Waals surface area contributed by atoms with Crippen molar-refractivity contribution in [2.24, 2.45) is 5.41 Å². The SMILES string of the molecule is CCCC1(C(=O)Nc2c(Br)cc(Br)cc2Br)CCNC1. The Kier molecular flexibility index (Phi) is 5.68. The molecule has 1 saturated heterocycles. The third-order valence-electron chi connectivity index (χ3n) is 3.70. The Balaban J connectivity index is 2.23. The minimum atomic E-state index is -0.277. The van der Waals surface area contributed by atoms with Crippen LogP contribution in [0.25, 0.3) is 0 Å². The molecular weight excluding hydrogens is 452 g/mol. The van der Waals surface area contributed by atoms with Crippen LogP contribution in [0.2, 0.25) is 0 Å². The van der Waals surface area contributed by atoms with Crippen molar-refractivity contribution in [3.05, 3.63) is 25.6 Å². The van der Waals surface area contributed by atoms with Gasteiger partial charge >= 0.3 is 0 Å². The number of carbonyl (C=O) groups is 1. The van der Waals surface area contributed by atoms with Crippen molar-refractivity contribution in [3.63, 3.8) is 0 Å². The fraction of sp³-hybridized carbons (Fsp3) is 0.500. The second kappa shape index (κ2) is 6.90. The number of hydrogen-bond acceptors (Lipinski definition) is 2. The molecule has 2 rings (SSSR count). The summed E-state index contributed by atoms with van der Waals surface area (Å²) in [4.78, 5) is 12.7. The van der Waals surface area contributed by atoms with Crippen LogP contribution in [0.15, 0.2) is 25.6 Å². The molecule has 1 amide bonds. The number of hydrogen-bond donors (Lipinski definition) is 2. The monoisotopic (exact) mass is 466 g/mol. The first-order valence-corrected chi connectivity index (χ1v) is 9.03. The average molecular weight is 469 g/mol. The summed E-state index contributed by atoms with van der Waals surface area (Å²) in [5, 5.41) is 6.39. The molecule has 0 saturated carbocycles. The second-order valence-corrected chi connectivity index (χ2v) is 7.78. The maximum atomic E-state index is 12.7. The van der Waals surface area contributed by atoms with E-state index in [1.807, 2.05) is 12.1 Å². The van der Waals surface area contributed by atoms with Crippen LogP contribution in [-0.2, 0) is 4.79 Å². The Morgan fingerprint density at radius 1 is 1.35 bits per heavy atom. The van der Waals surface area contributed by atoms with Gasteiger partial charge in [-0.1, -0.05) is 29.3 Å². The summed E-state index contributed by atoms with van der Waals surface area (Å²) in [7, 11) is 0. The molecule has 1 aliphatic rings. The summed E-state index contributed by atoms with van der Waals surface area (Å²) in [6, 6.07) is 3.86. The van der Waals surface area contributed by atoms with Gasteiger partial charge in [-0.15, -0.1) is 0 Å². The fourth-order valence-corrected chi connectivity index (χ4v) is 5.11. The molecule has 1 aromatic rings. The number of carbonyl (C=O) groups excluding carboxylic acids is 1. The zero-order valence-electron chi connectivity index (χ0n) is 11.2. The van der Waals surface area contributed by atoms with Crippen LogP contribution in [0.4, 0.5) is 5.69 Å². The van der Waals surface area contributed by atoms with Crippen molar-refractivity contribution in [1.29, 1.82) is 0 Å². The molecule has 110 valence electrons. The Morgan fingerprint density at radius 2 is 2.00 bits per heavy atom. The third kappa shape index (κ3) is 3.46. The Morgan fingerprint density at radius 3 is 2.50 bits per heavy atom. The normalized spacial score (nSPS) is 22.0. The number of nitrogens with one attached hydrogen (secondary N) is 2. The minimum Gasteiger partial charge on any atom is -0.324 e. The predicted molar refractivity (Wildman–Crippen MR) is 93.0 cm³/mol. The number of benzene rings is 1. The van der Waals surface area contributed by atoms with Crippen molar-refractivity contribution >= 4 is 59.4 Å². The molecule has 0 aliphatic carbocycles. The molecule has 1 heterocycles. The maximum Gasteiger partial charge on any atom is 0.231 e. The van der Waals surface area contributed by atoms with Gasteiger partial charge in [0, 0.05) is 20.0 Å². The fourth-order valence-electron chi connectivity index (χ4n) is 2.65. The molecular formula is C14H17Br3N2O. The van der Waals surface area contributed by atoms with Crippen LogP contribution in [0.5, 0.6) is 0 Å². The molecule has 3 nitrogen and oxygen atoms in total. The van der Waals surface area contributed by atoms with Gasteiger partial charge in [-0.2, -0.15) is 0 Å². The molecule has 1 aromatic carbocycles. The van der Waals surface area contributed by atoms with Gasteiger partial charge in [0.05, 0.1) is 11.1 Å². The van der Waals surface area contributed by atoms with Gasteiger partial charge in [0.2, 0.25) is 5.91 Å². The smallest absolute Gasteiger partial charge is 0.231 e. The molecule has 0 aromatic heterocycles. The van der Waals surface area contributed by atoms with Gasteiger partial charge in [-0.3, -0.25) is 4.79 Å². The summed E-state index contributed by atoms with van der Waals surface area (Å²) >= 11 is 10.4. The van der Waals surface area contributed by atoms with Crippen LogP contribution in [0.1, 0.15) is 26.2 Å². The van der Waals surface area contributed by atoms with E-state index in [0.29, 0.717) is 0 Å². The Hall–Kier alpha value is 0.0900. The van der Waals surface area contributed by atoms with Crippen LogP contribution in [-0.4, -0.2) is 19.0 Å². The lowest BCUT2D eigenvalue weighted by Crippen LogP contribution is -2.38. The molecule has 1 aliphatic heterocycles. The molecule has 20 heavy (non-hydrogen) atoms. The zero-order valence-corrected chi connectivity index (χ0v) is 16.0. The summed E-state index contributed by atoms with van der Waals surface area (Å²) < 4.78 is 2.69. The predicted octanol–water partition coefficient (Wildman–Crippen LogP) is 4.69. The van der Waals surface area contributed by atoms with Crippen LogP contribution < -0.4 is 10.6 Å². The van der Waals surface area contributed by atoms with Crippen LogP contribution in [0, 0.1) is 5.41 Å². The molecule has 2 N–H and O–H groups in total. The molecule has 0 spiro atoms. The molecule has 0 radical (unpaired) electrons. The van der Waals surface area contributed by atoms with Gasteiger partial charge in [0.1, 0.15) is 0 Å². The number of halogens is 3. The molecule has 1 atom stereocenters. The number of anilines is 1. The van der Waals surface area contributed by atoms with Crippen molar-refractivity contribution in [3.8, 4) is 0 Å². The van der Waals surface area contributed by atoms with Gasteiger partial charge in [0.25, 0.3) is 0 Å². The highest BCUT2D eigenvalue weighted by Crippen LogP contribution is 2.37. The number of rotatable bonds is 4. The summed E-state index contributed by atoms with van der Waals surface area (Å²) in [6.45, 7) is 3.80. The van der Waals surface area contributed by atoms with Crippen molar-refractivity contribution < 1.29 is 4.79 Å². The molecule has 6 heteroatoms. The van der Waals surface area contributed by atoms with E-state index in [1.54, 1.807) is 0 Å². The standard InChI is InChI=1S/C14H17Br3N2O/c1-2-3-14(4-5-18-8-14)13(20)19-12-10(16)6-9(15)7-11(12)17/h6-7,18H,2-5,8H2,1H3,(H,19,20). The summed E-state index contributed by atoms with van der Waals surface area (Å²) in [6.07, 6.45) is 2.83. The summed E-state index contributed by atoms with van der Waals surface area (Å²) in [5.41, 5.74) is 0.515. The highest BCUT2D eigenvalue weighted by Gasteiger charge is 2.40. The first-order chi connectivity index (χ1) is 9.48. The Bertz CT molecular complexity index is 490. The van der Waals surface area contributed by atoms with Crippen LogP contribution in [0.3, 0.4) is 0 Å². The quantitative estimate of drug-likeness (QED) is 0.673. The zero-order chi connectivity index (χ0) is 14.8. The highest BCUT2D eigenvalue weighted by molar-refractivity contribution is 9.11. The van der Waals surface area contributed by atoms with E-state index in [9.17, 15) is 4.79 Å². The third-order valence-corrected chi connectivity index (χ3v) is 5.41. The van der Waals surface area contributed by atoms with Crippen molar-refractivity contribution in [1.82, 2.24) is 5.32 Å². The first-order valence-electron chi connectivity index (χ1n) is 6.65. The van der Waals surface area contributed by atoms with Crippen molar-refractivity contribution in [2.45, 2.75) is 26.2 Å². The van der Waals surface area contributed by atoms with E-state index in [0.717, 1.165) is 51.5 Å². The van der Waals surface area contributed by atoms with Gasteiger partial charge < -0.3 is 10.6 Å². The lowest BCUT2D eigenvalue weighted by molar-refractivity contribution is -0.125. The van der Waals surface area contributed by atoms with E-state index >= 15 is 0 Å². The topological polar surface area (TPSA) is 41.1 Å². The molecule has 0 bridgehead atoms. The maximum absolute atomic E-state index is 12.7. The van der Waals surface area contributed by atoms with Crippen LogP contribution >= 0.6 is 47.8 Å². The highest BCUT2D eigenvalue weighted by atomic mass is 79.9. The lowest BCUT2D eigenvalue weighted by atomic mass is 9.81. The van der Waals surface area contributed by atoms with E-state index in [4.69, 9.17) is 0 Å². The second-order valence-electron chi connectivity index (χ2n) is 5.16. The van der Waals surface area contributed by atoms with E-state index in [2.05, 4.69) is 65.3 Å². The van der Waals surface area contributed by atoms with E-state index in [1.165, 1.54) is 0 Å². The van der Waals surface area contributed by atoms with Gasteiger partial charge in [-0.05, 0) is 63.4 Å². The molecule has 1 fully saturated rings. The minimum absolute atomic E-state index is 0.105. The lowest BCUT2D eigenvalue weighted by Gasteiger charge is -2.27. The average Bonchev–Trinajstić information content (AvgIpc) is 2.83. The van der Waals surface area contributed by atoms with Crippen molar-refractivity contribution in [2.75, 3.05) is 18.4 Å². The summed E-state index contributed by atoms with van der Waals surface area (Å²) in [5.74, 6) is 0.105. The Labute approximate surface area is 144 Å². The van der Waals surface area contributed by atoms with E-state index in [-0.39, 0.29) is 11.3 Å². The van der Waals surface area contributed by atoms with Gasteiger partial charge in [-0.25, -0.2) is 0 Å². The number of amides is 1. The first kappa shape index (κ1) is 16.5. The molecule has 1 unspecified atom stereocenters. The van der Waals surface area contributed by atoms with Gasteiger partial charge in [0.15, 0.2) is 0 Å².